The molecule has 37 heavy (non-hydrogen) atoms. The molecule has 1 unspecified atom stereocenters. The second kappa shape index (κ2) is 9.87. The lowest BCUT2D eigenvalue weighted by Crippen LogP contribution is -2.43. The van der Waals surface area contributed by atoms with E-state index in [2.05, 4.69) is 4.98 Å². The zero-order valence-corrected chi connectivity index (χ0v) is 21.4. The highest BCUT2D eigenvalue weighted by Gasteiger charge is 2.64. The van der Waals surface area contributed by atoms with Gasteiger partial charge in [-0.3, -0.25) is 23.7 Å². The van der Waals surface area contributed by atoms with E-state index in [1.54, 1.807) is 37.3 Å². The highest BCUT2D eigenvalue weighted by Crippen LogP contribution is 2.63. The van der Waals surface area contributed by atoms with E-state index in [0.29, 0.717) is 31.4 Å². The number of aromatic amines is 1. The maximum absolute atomic E-state index is 14.1. The molecule has 200 valence electrons. The third kappa shape index (κ3) is 4.93. The van der Waals surface area contributed by atoms with E-state index in [-0.39, 0.29) is 19.4 Å². The number of aromatic nitrogens is 2. The van der Waals surface area contributed by atoms with E-state index in [0.717, 1.165) is 6.42 Å². The Bertz CT molecular complexity index is 1300. The van der Waals surface area contributed by atoms with Gasteiger partial charge in [-0.05, 0) is 44.7 Å². The van der Waals surface area contributed by atoms with Crippen LogP contribution in [0.5, 0.6) is 5.75 Å². The highest BCUT2D eigenvalue weighted by molar-refractivity contribution is 7.54. The van der Waals surface area contributed by atoms with Crippen LogP contribution in [0.15, 0.2) is 52.2 Å². The SMILES string of the molecule is CCOC(=O)C1(CP(=O)(OC[C@H]2O[C@@H](n3ccc(=O)[nH]c3=O)C3(CC3)[C@@H]2O)Oc2ccccc2)CCC1. The van der Waals surface area contributed by atoms with Gasteiger partial charge in [0.2, 0.25) is 0 Å². The fourth-order valence-corrected chi connectivity index (χ4v) is 7.49. The summed E-state index contributed by atoms with van der Waals surface area (Å²) in [5.41, 5.74) is -2.84. The molecule has 1 spiro atoms. The number of nitrogens with one attached hydrogen (secondary N) is 1. The van der Waals surface area contributed by atoms with Crippen LogP contribution in [-0.2, 0) is 23.4 Å². The molecule has 1 saturated heterocycles. The predicted octanol–water partition coefficient (Wildman–Crippen LogP) is 2.60. The Morgan fingerprint density at radius 2 is 1.92 bits per heavy atom. The van der Waals surface area contributed by atoms with Gasteiger partial charge in [-0.25, -0.2) is 9.36 Å². The molecular formula is C25H31N2O9P. The summed E-state index contributed by atoms with van der Waals surface area (Å²) in [6, 6.07) is 9.77. The molecule has 4 atom stereocenters. The van der Waals surface area contributed by atoms with Crippen molar-refractivity contribution in [2.24, 2.45) is 10.8 Å². The number of H-pyrrole nitrogens is 1. The monoisotopic (exact) mass is 534 g/mol. The number of ether oxygens (including phenoxy) is 2. The topological polar surface area (TPSA) is 146 Å². The van der Waals surface area contributed by atoms with Gasteiger partial charge < -0.3 is 19.1 Å². The van der Waals surface area contributed by atoms with E-state index in [9.17, 15) is 24.1 Å². The van der Waals surface area contributed by atoms with Gasteiger partial charge in [-0.2, -0.15) is 0 Å². The standard InChI is InChI=1S/C25H31N2O9P/c1-2-33-22(30)24(10-6-11-24)16-37(32,36-17-7-4-3-5-8-17)34-15-18-20(29)25(12-13-25)21(35-18)27-14-9-19(28)26-23(27)31/h3-5,7-9,14,18,20-21,29H,2,6,10-13,15-16H2,1H3,(H,26,28,31)/t18-,20-,21-,37?/m1/s1. The average Bonchev–Trinajstić information content (AvgIpc) is 3.59. The molecule has 2 aliphatic carbocycles. The number of benzene rings is 1. The van der Waals surface area contributed by atoms with Gasteiger partial charge in [0.25, 0.3) is 5.56 Å². The molecule has 11 nitrogen and oxygen atoms in total. The van der Waals surface area contributed by atoms with Crippen LogP contribution in [0.2, 0.25) is 0 Å². The Morgan fingerprint density at radius 1 is 1.19 bits per heavy atom. The van der Waals surface area contributed by atoms with Crippen molar-refractivity contribution in [3.63, 3.8) is 0 Å². The third-order valence-electron chi connectivity index (χ3n) is 7.61. The molecule has 2 heterocycles. The van der Waals surface area contributed by atoms with E-state index in [1.807, 2.05) is 0 Å². The van der Waals surface area contributed by atoms with Gasteiger partial charge in [0, 0.05) is 17.7 Å². The molecule has 5 rings (SSSR count). The molecule has 2 N–H and O–H groups in total. The van der Waals surface area contributed by atoms with Crippen molar-refractivity contribution < 1.29 is 33.0 Å². The first kappa shape index (κ1) is 25.9. The van der Waals surface area contributed by atoms with E-state index in [1.165, 1.54) is 16.8 Å². The molecule has 1 aromatic heterocycles. The van der Waals surface area contributed by atoms with Crippen LogP contribution in [0.3, 0.4) is 0 Å². The van der Waals surface area contributed by atoms with Crippen molar-refractivity contribution >= 4 is 13.6 Å². The third-order valence-corrected chi connectivity index (χ3v) is 9.63. The zero-order chi connectivity index (χ0) is 26.3. The number of carbonyl (C=O) groups is 1. The molecular weight excluding hydrogens is 503 g/mol. The molecule has 3 aliphatic rings. The molecule has 1 aromatic carbocycles. The van der Waals surface area contributed by atoms with Gasteiger partial charge in [0.05, 0.1) is 30.9 Å². The van der Waals surface area contributed by atoms with Crippen LogP contribution in [-0.4, -0.2) is 52.2 Å². The minimum absolute atomic E-state index is 0.162. The van der Waals surface area contributed by atoms with Gasteiger partial charge in [-0.15, -0.1) is 0 Å². The van der Waals surface area contributed by atoms with Crippen LogP contribution < -0.4 is 15.8 Å². The number of rotatable bonds is 10. The van der Waals surface area contributed by atoms with Gasteiger partial charge in [0.15, 0.2) is 0 Å². The summed E-state index contributed by atoms with van der Waals surface area (Å²) < 4.78 is 38.4. The lowest BCUT2D eigenvalue weighted by Gasteiger charge is -2.40. The highest BCUT2D eigenvalue weighted by atomic mass is 31.2. The summed E-state index contributed by atoms with van der Waals surface area (Å²) in [4.78, 5) is 38.9. The number of hydrogen-bond donors (Lipinski definition) is 2. The second-order valence-electron chi connectivity index (χ2n) is 10.0. The van der Waals surface area contributed by atoms with Gasteiger partial charge in [-0.1, -0.05) is 24.6 Å². The molecule has 0 bridgehead atoms. The van der Waals surface area contributed by atoms with Crippen molar-refractivity contribution in [3.8, 4) is 5.75 Å². The van der Waals surface area contributed by atoms with Crippen LogP contribution in [0.4, 0.5) is 0 Å². The summed E-state index contributed by atoms with van der Waals surface area (Å²) in [7, 11) is -3.92. The largest absolute Gasteiger partial charge is 0.466 e. The first-order valence-corrected chi connectivity index (χ1v) is 14.2. The predicted molar refractivity (Wildman–Crippen MR) is 131 cm³/mol. The van der Waals surface area contributed by atoms with Crippen molar-refractivity contribution in [1.82, 2.24) is 9.55 Å². The van der Waals surface area contributed by atoms with Crippen molar-refractivity contribution in [2.45, 2.75) is 57.5 Å². The van der Waals surface area contributed by atoms with Crippen LogP contribution in [0.25, 0.3) is 0 Å². The number of para-hydroxylation sites is 1. The molecule has 0 radical (unpaired) electrons. The van der Waals surface area contributed by atoms with Crippen LogP contribution in [0, 0.1) is 10.8 Å². The van der Waals surface area contributed by atoms with Crippen LogP contribution >= 0.6 is 7.60 Å². The normalized spacial score (nSPS) is 26.7. The first-order valence-electron chi connectivity index (χ1n) is 12.5. The quantitative estimate of drug-likeness (QED) is 0.347. The van der Waals surface area contributed by atoms with Crippen molar-refractivity contribution in [3.05, 3.63) is 63.4 Å². The zero-order valence-electron chi connectivity index (χ0n) is 20.5. The van der Waals surface area contributed by atoms with Gasteiger partial charge >= 0.3 is 19.3 Å². The molecule has 1 aliphatic heterocycles. The van der Waals surface area contributed by atoms with Crippen LogP contribution in [0.1, 0.15) is 45.3 Å². The minimum Gasteiger partial charge on any atom is -0.466 e. The first-order chi connectivity index (χ1) is 17.7. The minimum atomic E-state index is -3.92. The second-order valence-corrected chi connectivity index (χ2v) is 12.0. The summed E-state index contributed by atoms with van der Waals surface area (Å²) >= 11 is 0. The molecule has 3 fully saturated rings. The number of hydrogen-bond acceptors (Lipinski definition) is 9. The lowest BCUT2D eigenvalue weighted by atomic mass is 9.70. The number of carbonyl (C=O) groups excluding carboxylic acids is 1. The Hall–Kier alpha value is -2.72. The maximum atomic E-state index is 14.1. The summed E-state index contributed by atoms with van der Waals surface area (Å²) in [5.74, 6) is -0.0956. The Labute approximate surface area is 213 Å². The summed E-state index contributed by atoms with van der Waals surface area (Å²) in [6.45, 7) is 1.65. The molecule has 0 amide bonds. The Morgan fingerprint density at radius 3 is 2.51 bits per heavy atom. The molecule has 2 aromatic rings. The molecule has 12 heteroatoms. The number of aliphatic hydroxyl groups excluding tert-OH is 1. The fraction of sp³-hybridized carbons (Fsp3) is 0.560. The van der Waals surface area contributed by atoms with E-state index in [4.69, 9.17) is 18.5 Å². The molecule has 2 saturated carbocycles. The van der Waals surface area contributed by atoms with E-state index < -0.39 is 54.1 Å². The van der Waals surface area contributed by atoms with Crippen molar-refractivity contribution in [2.75, 3.05) is 19.4 Å². The number of aliphatic hydroxyl groups is 1. The summed E-state index contributed by atoms with van der Waals surface area (Å²) in [6.07, 6.45) is 1.52. The smallest absolute Gasteiger partial charge is 0.380 e. The Balaban J connectivity index is 1.36. The fourth-order valence-electron chi connectivity index (χ4n) is 5.28. The number of nitrogens with zero attached hydrogens (tertiary/aromatic N) is 1. The average molecular weight is 535 g/mol. The summed E-state index contributed by atoms with van der Waals surface area (Å²) in [5, 5.41) is 11.1. The van der Waals surface area contributed by atoms with Crippen molar-refractivity contribution in [1.29, 1.82) is 0 Å². The lowest BCUT2D eigenvalue weighted by molar-refractivity contribution is -0.159. The Kier molecular flexibility index (Phi) is 6.91. The maximum Gasteiger partial charge on any atom is 0.380 e. The van der Waals surface area contributed by atoms with E-state index >= 15 is 0 Å². The number of esters is 1. The van der Waals surface area contributed by atoms with Gasteiger partial charge in [0.1, 0.15) is 18.1 Å².